The first kappa shape index (κ1) is 21.7. The van der Waals surface area contributed by atoms with Crippen LogP contribution in [0.3, 0.4) is 0 Å². The van der Waals surface area contributed by atoms with Crippen LogP contribution < -0.4 is 5.32 Å². The summed E-state index contributed by atoms with van der Waals surface area (Å²) in [6.45, 7) is 2.19. The van der Waals surface area contributed by atoms with Gasteiger partial charge in [-0.25, -0.2) is 9.38 Å². The van der Waals surface area contributed by atoms with E-state index in [1.54, 1.807) is 17.8 Å². The average molecular weight is 434 g/mol. The van der Waals surface area contributed by atoms with Crippen molar-refractivity contribution >= 4 is 45.8 Å². The molecule has 0 bridgehead atoms. The van der Waals surface area contributed by atoms with E-state index in [2.05, 4.69) is 24.4 Å². The lowest BCUT2D eigenvalue weighted by atomic mass is 10.1. The highest BCUT2D eigenvalue weighted by Crippen LogP contribution is 2.28. The van der Waals surface area contributed by atoms with Gasteiger partial charge in [-0.2, -0.15) is 0 Å². The summed E-state index contributed by atoms with van der Waals surface area (Å²) in [5.74, 6) is -0.00435. The fourth-order valence-corrected chi connectivity index (χ4v) is 4.45. The number of hydrogen-bond acceptors (Lipinski definition) is 3. The second-order valence-corrected chi connectivity index (χ2v) is 8.54. The van der Waals surface area contributed by atoms with Gasteiger partial charge >= 0.3 is 0 Å². The maximum atomic E-state index is 13.9. The number of aryl methyl sites for hydroxylation is 1. The Morgan fingerprint density at radius 2 is 2.07 bits per heavy atom. The molecule has 2 aromatic carbocycles. The summed E-state index contributed by atoms with van der Waals surface area (Å²) in [5.41, 5.74) is 2.38. The quantitative estimate of drug-likeness (QED) is 0.592. The van der Waals surface area contributed by atoms with Crippen LogP contribution in [0.5, 0.6) is 0 Å². The van der Waals surface area contributed by atoms with Crippen molar-refractivity contribution in [3.8, 4) is 0 Å². The van der Waals surface area contributed by atoms with E-state index in [1.807, 2.05) is 24.1 Å². The number of aliphatic imine (C=N–C) groups is 1. The summed E-state index contributed by atoms with van der Waals surface area (Å²) in [6, 6.07) is 12.5. The highest BCUT2D eigenvalue weighted by atomic mass is 35.5. The van der Waals surface area contributed by atoms with Crippen LogP contribution in [0.1, 0.15) is 31.7 Å². The maximum absolute atomic E-state index is 13.9. The molecule has 154 valence electrons. The minimum absolute atomic E-state index is 0.0120. The second-order valence-electron chi connectivity index (χ2n) is 7.12. The van der Waals surface area contributed by atoms with Gasteiger partial charge in [0.05, 0.1) is 11.4 Å². The number of rotatable bonds is 7. The van der Waals surface area contributed by atoms with Crippen LogP contribution in [0.4, 0.5) is 15.8 Å². The van der Waals surface area contributed by atoms with E-state index >= 15 is 0 Å². The summed E-state index contributed by atoms with van der Waals surface area (Å²) >= 11 is 7.38. The highest BCUT2D eigenvalue weighted by molar-refractivity contribution is 8.14. The molecule has 4 nitrogen and oxygen atoms in total. The Hall–Kier alpha value is -2.05. The number of thioether (sulfide) groups is 1. The van der Waals surface area contributed by atoms with Crippen molar-refractivity contribution in [1.29, 1.82) is 0 Å². The molecule has 1 aliphatic heterocycles. The molecule has 1 unspecified atom stereocenters. The predicted molar refractivity (Wildman–Crippen MR) is 121 cm³/mol. The molecule has 1 atom stereocenters. The van der Waals surface area contributed by atoms with Crippen LogP contribution >= 0.6 is 23.4 Å². The van der Waals surface area contributed by atoms with Crippen molar-refractivity contribution < 1.29 is 9.18 Å². The lowest BCUT2D eigenvalue weighted by Crippen LogP contribution is -2.33. The topological polar surface area (TPSA) is 44.7 Å². The standard InChI is InChI=1S/C22H25ClFN3OS/c1-3-4-5-15-6-9-17(10-7-15)25-22-27(2)18(14-29-22)13-21(28)26-20-11-8-16(23)12-19(20)24/h6-12,18H,3-5,13-14H2,1-2H3,(H,26,28). The number of anilines is 1. The normalized spacial score (nSPS) is 17.7. The fourth-order valence-electron chi connectivity index (χ4n) is 3.08. The number of nitrogens with one attached hydrogen (secondary N) is 1. The zero-order chi connectivity index (χ0) is 20.8. The third-order valence-electron chi connectivity index (χ3n) is 4.86. The molecule has 0 spiro atoms. The van der Waals surface area contributed by atoms with Crippen LogP contribution in [-0.2, 0) is 11.2 Å². The maximum Gasteiger partial charge on any atom is 0.226 e. The molecule has 0 saturated carbocycles. The van der Waals surface area contributed by atoms with E-state index < -0.39 is 5.82 Å². The zero-order valence-corrected chi connectivity index (χ0v) is 18.2. The zero-order valence-electron chi connectivity index (χ0n) is 16.6. The Kier molecular flexibility index (Phi) is 7.56. The van der Waals surface area contributed by atoms with Crippen molar-refractivity contribution in [3.63, 3.8) is 0 Å². The van der Waals surface area contributed by atoms with E-state index in [-0.39, 0.29) is 24.1 Å². The average Bonchev–Trinajstić information content (AvgIpc) is 3.03. The molecule has 7 heteroatoms. The minimum Gasteiger partial charge on any atom is -0.350 e. The first-order valence-electron chi connectivity index (χ1n) is 9.74. The van der Waals surface area contributed by atoms with Gasteiger partial charge in [-0.1, -0.05) is 48.8 Å². The largest absolute Gasteiger partial charge is 0.350 e. The third kappa shape index (κ3) is 5.97. The molecular weight excluding hydrogens is 409 g/mol. The number of halogens is 2. The molecule has 1 heterocycles. The summed E-state index contributed by atoms with van der Waals surface area (Å²) in [5, 5.41) is 3.81. The van der Waals surface area contributed by atoms with Crippen LogP contribution in [-0.4, -0.2) is 34.8 Å². The Bertz CT molecular complexity index is 888. The Morgan fingerprint density at radius 1 is 1.31 bits per heavy atom. The molecule has 29 heavy (non-hydrogen) atoms. The van der Waals surface area contributed by atoms with Crippen molar-refractivity contribution in [2.24, 2.45) is 4.99 Å². The monoisotopic (exact) mass is 433 g/mol. The third-order valence-corrected chi connectivity index (χ3v) is 6.28. The number of amidine groups is 1. The molecule has 1 fully saturated rings. The van der Waals surface area contributed by atoms with E-state index in [9.17, 15) is 9.18 Å². The number of nitrogens with zero attached hydrogens (tertiary/aromatic N) is 2. The Morgan fingerprint density at radius 3 is 2.76 bits per heavy atom. The van der Waals surface area contributed by atoms with Crippen molar-refractivity contribution in [2.75, 3.05) is 18.1 Å². The molecular formula is C22H25ClFN3OS. The smallest absolute Gasteiger partial charge is 0.226 e. The van der Waals surface area contributed by atoms with Crippen LogP contribution in [0.25, 0.3) is 0 Å². The number of benzene rings is 2. The van der Waals surface area contributed by atoms with Crippen LogP contribution in [0, 0.1) is 5.82 Å². The van der Waals surface area contributed by atoms with Crippen LogP contribution in [0.2, 0.25) is 5.02 Å². The lowest BCUT2D eigenvalue weighted by Gasteiger charge is -2.20. The first-order valence-corrected chi connectivity index (χ1v) is 11.1. The van der Waals surface area contributed by atoms with Gasteiger partial charge in [-0.05, 0) is 48.7 Å². The van der Waals surface area contributed by atoms with Gasteiger partial charge < -0.3 is 10.2 Å². The number of amides is 1. The SMILES string of the molecule is CCCCc1ccc(N=C2SCC(CC(=O)Nc3ccc(Cl)cc3F)N2C)cc1. The molecule has 1 N–H and O–H groups in total. The molecule has 0 radical (unpaired) electrons. The van der Waals surface area contributed by atoms with Gasteiger partial charge in [0.2, 0.25) is 5.91 Å². The molecule has 2 aromatic rings. The van der Waals surface area contributed by atoms with E-state index in [1.165, 1.54) is 30.5 Å². The summed E-state index contributed by atoms with van der Waals surface area (Å²) in [4.78, 5) is 19.1. The number of carbonyl (C=O) groups excluding carboxylic acids is 1. The van der Waals surface area contributed by atoms with Gasteiger partial charge in [0.25, 0.3) is 0 Å². The number of carbonyl (C=O) groups is 1. The molecule has 0 aliphatic carbocycles. The molecule has 0 aromatic heterocycles. The number of hydrogen-bond donors (Lipinski definition) is 1. The molecule has 1 amide bonds. The van der Waals surface area contributed by atoms with Gasteiger partial charge in [0.15, 0.2) is 5.17 Å². The van der Waals surface area contributed by atoms with Crippen LogP contribution in [0.15, 0.2) is 47.5 Å². The first-order chi connectivity index (χ1) is 14.0. The fraction of sp³-hybridized carbons (Fsp3) is 0.364. The van der Waals surface area contributed by atoms with Gasteiger partial charge in [-0.3, -0.25) is 4.79 Å². The highest BCUT2D eigenvalue weighted by Gasteiger charge is 2.29. The summed E-state index contributed by atoms with van der Waals surface area (Å²) in [7, 11) is 1.94. The van der Waals surface area contributed by atoms with E-state index in [0.717, 1.165) is 23.0 Å². The van der Waals surface area contributed by atoms with Crippen molar-refractivity contribution in [1.82, 2.24) is 4.90 Å². The minimum atomic E-state index is -0.537. The van der Waals surface area contributed by atoms with Gasteiger partial charge in [0.1, 0.15) is 5.82 Å². The summed E-state index contributed by atoms with van der Waals surface area (Å²) < 4.78 is 13.9. The number of unbranched alkanes of at least 4 members (excludes halogenated alkanes) is 1. The van der Waals surface area contributed by atoms with Crippen molar-refractivity contribution in [3.05, 3.63) is 58.9 Å². The van der Waals surface area contributed by atoms with Gasteiger partial charge in [0, 0.05) is 30.3 Å². The van der Waals surface area contributed by atoms with Crippen molar-refractivity contribution in [2.45, 2.75) is 38.6 Å². The molecule has 3 rings (SSSR count). The van der Waals surface area contributed by atoms with Gasteiger partial charge in [-0.15, -0.1) is 0 Å². The Labute approximate surface area is 180 Å². The molecule has 1 saturated heterocycles. The Balaban J connectivity index is 1.58. The lowest BCUT2D eigenvalue weighted by molar-refractivity contribution is -0.116. The summed E-state index contributed by atoms with van der Waals surface area (Å²) in [6.07, 6.45) is 3.73. The van der Waals surface area contributed by atoms with E-state index in [4.69, 9.17) is 16.6 Å². The second kappa shape index (κ2) is 10.1. The van der Waals surface area contributed by atoms with E-state index in [0.29, 0.717) is 5.02 Å². The molecule has 1 aliphatic rings. The predicted octanol–water partition coefficient (Wildman–Crippen LogP) is 5.89.